The summed E-state index contributed by atoms with van der Waals surface area (Å²) in [7, 11) is -1.07. The zero-order valence-corrected chi connectivity index (χ0v) is 9.97. The summed E-state index contributed by atoms with van der Waals surface area (Å²) in [6, 6.07) is 0.0983. The Bertz CT molecular complexity index is 275. The molecule has 0 spiro atoms. The summed E-state index contributed by atoms with van der Waals surface area (Å²) < 4.78 is 25.9. The van der Waals surface area contributed by atoms with Crippen LogP contribution in [0.3, 0.4) is 0 Å². The van der Waals surface area contributed by atoms with Crippen molar-refractivity contribution in [1.82, 2.24) is 9.62 Å². The molecular weight excluding hydrogens is 200 g/mol. The summed E-state index contributed by atoms with van der Waals surface area (Å²) in [6.45, 7) is 5.30. The monoisotopic (exact) mass is 220 g/mol. The highest BCUT2D eigenvalue weighted by Crippen LogP contribution is 2.10. The van der Waals surface area contributed by atoms with E-state index in [2.05, 4.69) is 9.62 Å². The third kappa shape index (κ3) is 3.22. The minimum atomic E-state index is -3.10. The van der Waals surface area contributed by atoms with E-state index in [1.807, 2.05) is 7.05 Å². The molecule has 1 unspecified atom stereocenters. The maximum absolute atomic E-state index is 11.6. The van der Waals surface area contributed by atoms with Crippen molar-refractivity contribution in [3.05, 3.63) is 0 Å². The first-order valence-corrected chi connectivity index (χ1v) is 6.66. The minimum Gasteiger partial charge on any atom is -0.305 e. The number of likely N-dealkylation sites (N-methyl/N-ethyl adjacent to an activating group) is 1. The topological polar surface area (TPSA) is 49.4 Å². The van der Waals surface area contributed by atoms with Crippen LogP contribution in [0.15, 0.2) is 0 Å². The Labute approximate surface area is 86.7 Å². The van der Waals surface area contributed by atoms with Gasteiger partial charge < -0.3 is 4.90 Å². The molecule has 14 heavy (non-hydrogen) atoms. The molecule has 1 rings (SSSR count). The molecule has 1 atom stereocenters. The molecule has 1 fully saturated rings. The summed E-state index contributed by atoms with van der Waals surface area (Å²) in [6.07, 6.45) is 2.03. The van der Waals surface area contributed by atoms with Crippen molar-refractivity contribution < 1.29 is 8.42 Å². The fourth-order valence-corrected chi connectivity index (χ4v) is 2.56. The van der Waals surface area contributed by atoms with Gasteiger partial charge in [0.25, 0.3) is 0 Å². The largest absolute Gasteiger partial charge is 0.305 e. The summed E-state index contributed by atoms with van der Waals surface area (Å²) >= 11 is 0. The molecule has 1 aliphatic rings. The Balaban J connectivity index is 2.52. The third-order valence-corrected chi connectivity index (χ3v) is 4.48. The predicted molar refractivity (Wildman–Crippen MR) is 57.7 cm³/mol. The van der Waals surface area contributed by atoms with Gasteiger partial charge in [0.15, 0.2) is 0 Å². The van der Waals surface area contributed by atoms with Gasteiger partial charge in [0.1, 0.15) is 0 Å². The van der Waals surface area contributed by atoms with Crippen LogP contribution in [-0.2, 0) is 10.0 Å². The molecule has 84 valence electrons. The maximum Gasteiger partial charge on any atom is 0.214 e. The fraction of sp³-hybridized carbons (Fsp3) is 1.00. The number of rotatable bonds is 3. The number of nitrogens with zero attached hydrogens (tertiary/aromatic N) is 1. The predicted octanol–water partition coefficient (Wildman–Crippen LogP) is 0.408. The van der Waals surface area contributed by atoms with E-state index < -0.39 is 10.0 Å². The molecular formula is C9H20N2O2S. The zero-order chi connectivity index (χ0) is 10.8. The van der Waals surface area contributed by atoms with Crippen molar-refractivity contribution in [3.8, 4) is 0 Å². The SMILES string of the molecule is CC(C)S(=O)(=O)NC1CCCN(C)C1. The van der Waals surface area contributed by atoms with E-state index in [9.17, 15) is 8.42 Å². The third-order valence-electron chi connectivity index (χ3n) is 2.58. The molecule has 1 heterocycles. The first-order chi connectivity index (χ1) is 6.42. The number of sulfonamides is 1. The Morgan fingerprint density at radius 2 is 2.07 bits per heavy atom. The van der Waals surface area contributed by atoms with Gasteiger partial charge in [0.05, 0.1) is 5.25 Å². The van der Waals surface area contributed by atoms with Crippen LogP contribution in [0.2, 0.25) is 0 Å². The lowest BCUT2D eigenvalue weighted by Crippen LogP contribution is -2.47. The number of hydrogen-bond acceptors (Lipinski definition) is 3. The van der Waals surface area contributed by atoms with Crippen molar-refractivity contribution in [2.24, 2.45) is 0 Å². The molecule has 0 aromatic carbocycles. The van der Waals surface area contributed by atoms with Gasteiger partial charge in [-0.15, -0.1) is 0 Å². The Morgan fingerprint density at radius 1 is 1.43 bits per heavy atom. The van der Waals surface area contributed by atoms with Crippen molar-refractivity contribution in [3.63, 3.8) is 0 Å². The normalized spacial score (nSPS) is 25.6. The molecule has 1 aliphatic heterocycles. The van der Waals surface area contributed by atoms with Crippen molar-refractivity contribution in [1.29, 1.82) is 0 Å². The van der Waals surface area contributed by atoms with E-state index in [0.717, 1.165) is 25.9 Å². The lowest BCUT2D eigenvalue weighted by Gasteiger charge is -2.30. The summed E-state index contributed by atoms with van der Waals surface area (Å²) in [5, 5.41) is -0.338. The Kier molecular flexibility index (Phi) is 3.92. The van der Waals surface area contributed by atoms with Crippen LogP contribution in [-0.4, -0.2) is 44.7 Å². The maximum atomic E-state index is 11.6. The first-order valence-electron chi connectivity index (χ1n) is 5.11. The average Bonchev–Trinajstić information content (AvgIpc) is 2.02. The van der Waals surface area contributed by atoms with E-state index in [4.69, 9.17) is 0 Å². The molecule has 4 nitrogen and oxygen atoms in total. The minimum absolute atomic E-state index is 0.0983. The molecule has 0 saturated carbocycles. The van der Waals surface area contributed by atoms with E-state index in [-0.39, 0.29) is 11.3 Å². The lowest BCUT2D eigenvalue weighted by atomic mass is 10.1. The number of nitrogens with one attached hydrogen (secondary N) is 1. The zero-order valence-electron chi connectivity index (χ0n) is 9.16. The molecule has 0 aromatic heterocycles. The van der Waals surface area contributed by atoms with Crippen LogP contribution in [0.1, 0.15) is 26.7 Å². The molecule has 5 heteroatoms. The van der Waals surface area contributed by atoms with Gasteiger partial charge in [-0.2, -0.15) is 0 Å². The molecule has 0 radical (unpaired) electrons. The standard InChI is InChI=1S/C9H20N2O2S/c1-8(2)14(12,13)10-9-5-4-6-11(3)7-9/h8-10H,4-7H2,1-3H3. The molecule has 0 aliphatic carbocycles. The van der Waals surface area contributed by atoms with E-state index >= 15 is 0 Å². The molecule has 0 aromatic rings. The molecule has 1 N–H and O–H groups in total. The van der Waals surface area contributed by atoms with E-state index in [0.29, 0.717) is 0 Å². The van der Waals surface area contributed by atoms with Crippen molar-refractivity contribution >= 4 is 10.0 Å². The second kappa shape index (κ2) is 4.59. The van der Waals surface area contributed by atoms with Crippen LogP contribution in [0, 0.1) is 0 Å². The van der Waals surface area contributed by atoms with Gasteiger partial charge in [-0.25, -0.2) is 13.1 Å². The van der Waals surface area contributed by atoms with E-state index in [1.165, 1.54) is 0 Å². The highest BCUT2D eigenvalue weighted by atomic mass is 32.2. The van der Waals surface area contributed by atoms with Gasteiger partial charge in [0.2, 0.25) is 10.0 Å². The first kappa shape index (κ1) is 11.9. The van der Waals surface area contributed by atoms with Gasteiger partial charge in [-0.05, 0) is 40.3 Å². The average molecular weight is 220 g/mol. The molecule has 0 amide bonds. The van der Waals surface area contributed by atoms with Crippen LogP contribution in [0.25, 0.3) is 0 Å². The summed E-state index contributed by atoms with van der Waals surface area (Å²) in [4.78, 5) is 2.16. The highest BCUT2D eigenvalue weighted by molar-refractivity contribution is 7.90. The van der Waals surface area contributed by atoms with Crippen LogP contribution < -0.4 is 4.72 Å². The van der Waals surface area contributed by atoms with Gasteiger partial charge in [0, 0.05) is 12.6 Å². The number of likely N-dealkylation sites (tertiary alicyclic amines) is 1. The summed E-state index contributed by atoms with van der Waals surface area (Å²) in [5.41, 5.74) is 0. The van der Waals surface area contributed by atoms with Crippen LogP contribution >= 0.6 is 0 Å². The number of hydrogen-bond donors (Lipinski definition) is 1. The Morgan fingerprint density at radius 3 is 2.57 bits per heavy atom. The van der Waals surface area contributed by atoms with Crippen molar-refractivity contribution in [2.75, 3.05) is 20.1 Å². The Hall–Kier alpha value is -0.130. The van der Waals surface area contributed by atoms with Crippen molar-refractivity contribution in [2.45, 2.75) is 38.0 Å². The van der Waals surface area contributed by atoms with Crippen LogP contribution in [0.5, 0.6) is 0 Å². The second-order valence-corrected chi connectivity index (χ2v) is 6.58. The fourth-order valence-electron chi connectivity index (χ4n) is 1.63. The lowest BCUT2D eigenvalue weighted by molar-refractivity contribution is 0.242. The van der Waals surface area contributed by atoms with Gasteiger partial charge >= 0.3 is 0 Å². The smallest absolute Gasteiger partial charge is 0.214 e. The van der Waals surface area contributed by atoms with E-state index in [1.54, 1.807) is 13.8 Å². The quantitative estimate of drug-likeness (QED) is 0.749. The second-order valence-electron chi connectivity index (χ2n) is 4.31. The highest BCUT2D eigenvalue weighted by Gasteiger charge is 2.24. The van der Waals surface area contributed by atoms with Crippen LogP contribution in [0.4, 0.5) is 0 Å². The molecule has 0 bridgehead atoms. The number of piperidine rings is 1. The summed E-state index contributed by atoms with van der Waals surface area (Å²) in [5.74, 6) is 0. The molecule has 1 saturated heterocycles. The van der Waals surface area contributed by atoms with Gasteiger partial charge in [-0.3, -0.25) is 0 Å². The van der Waals surface area contributed by atoms with Gasteiger partial charge in [-0.1, -0.05) is 0 Å².